The predicted molar refractivity (Wildman–Crippen MR) is 113 cm³/mol. The monoisotopic (exact) mass is 438 g/mol. The van der Waals surface area contributed by atoms with Crippen LogP contribution >= 0.6 is 11.6 Å². The van der Waals surface area contributed by atoms with E-state index < -0.39 is 0 Å². The van der Waals surface area contributed by atoms with Crippen LogP contribution in [-0.2, 0) is 6.54 Å². The molecule has 3 aromatic heterocycles. The maximum Gasteiger partial charge on any atom is 0.256 e. The van der Waals surface area contributed by atoms with Crippen molar-refractivity contribution in [3.05, 3.63) is 59.4 Å². The Bertz CT molecular complexity index is 1280. The van der Waals surface area contributed by atoms with Gasteiger partial charge in [-0.05, 0) is 49.2 Å². The number of hydrogen-bond donors (Lipinski definition) is 1. The molecule has 9 nitrogen and oxygen atoms in total. The van der Waals surface area contributed by atoms with Crippen LogP contribution in [-0.4, -0.2) is 43.4 Å². The third kappa shape index (κ3) is 3.68. The Balaban J connectivity index is 1.35. The van der Waals surface area contributed by atoms with Gasteiger partial charge in [-0.15, -0.1) is 0 Å². The van der Waals surface area contributed by atoms with Crippen molar-refractivity contribution in [2.24, 2.45) is 0 Å². The molecule has 0 bridgehead atoms. The van der Waals surface area contributed by atoms with Gasteiger partial charge in [-0.3, -0.25) is 4.79 Å². The second kappa shape index (κ2) is 7.92. The molecule has 0 unspecified atom stereocenters. The lowest BCUT2D eigenvalue weighted by Gasteiger charge is -2.08. The van der Waals surface area contributed by atoms with E-state index in [1.165, 1.54) is 0 Å². The fourth-order valence-corrected chi connectivity index (χ4v) is 3.70. The number of aromatic nitrogens is 5. The lowest BCUT2D eigenvalue weighted by molar-refractivity contribution is 0.0954. The minimum atomic E-state index is -0.221. The predicted octanol–water partition coefficient (Wildman–Crippen LogP) is 3.10. The molecule has 10 heteroatoms. The molecule has 4 heterocycles. The number of carbonyl (C=O) groups is 1. The number of rotatable bonds is 6. The van der Waals surface area contributed by atoms with E-state index in [0.717, 1.165) is 23.4 Å². The summed E-state index contributed by atoms with van der Waals surface area (Å²) in [5.74, 6) is 1.17. The van der Waals surface area contributed by atoms with Crippen molar-refractivity contribution in [2.75, 3.05) is 13.3 Å². The molecule has 1 aliphatic heterocycles. The smallest absolute Gasteiger partial charge is 0.256 e. The fraction of sp³-hybridized carbons (Fsp3) is 0.238. The third-order valence-electron chi connectivity index (χ3n) is 5.09. The first-order chi connectivity index (χ1) is 15.1. The first-order valence-electron chi connectivity index (χ1n) is 9.80. The van der Waals surface area contributed by atoms with Crippen LogP contribution in [0.4, 0.5) is 0 Å². The number of benzene rings is 1. The van der Waals surface area contributed by atoms with Crippen LogP contribution in [0.15, 0.2) is 42.9 Å². The number of ether oxygens (including phenoxy) is 2. The molecular weight excluding hydrogens is 420 g/mol. The van der Waals surface area contributed by atoms with Crippen LogP contribution in [0.2, 0.25) is 5.28 Å². The largest absolute Gasteiger partial charge is 0.454 e. The molecule has 1 aliphatic rings. The van der Waals surface area contributed by atoms with Gasteiger partial charge in [0, 0.05) is 36.7 Å². The van der Waals surface area contributed by atoms with Crippen molar-refractivity contribution in [3.8, 4) is 22.8 Å². The second-order valence-corrected chi connectivity index (χ2v) is 7.48. The number of carbonyl (C=O) groups excluding carboxylic acids is 1. The van der Waals surface area contributed by atoms with Crippen molar-refractivity contribution < 1.29 is 14.3 Å². The normalized spacial score (nSPS) is 12.5. The quantitative estimate of drug-likeness (QED) is 0.465. The maximum absolute atomic E-state index is 12.8. The third-order valence-corrected chi connectivity index (χ3v) is 5.40. The van der Waals surface area contributed by atoms with E-state index in [2.05, 4.69) is 15.4 Å². The van der Waals surface area contributed by atoms with Gasteiger partial charge < -0.3 is 19.4 Å². The molecular formula is C21H19ClN6O3. The van der Waals surface area contributed by atoms with E-state index in [-0.39, 0.29) is 12.7 Å². The molecule has 4 aromatic rings. The molecule has 0 atom stereocenters. The lowest BCUT2D eigenvalue weighted by atomic mass is 10.1. The Hall–Kier alpha value is -3.59. The summed E-state index contributed by atoms with van der Waals surface area (Å²) in [4.78, 5) is 21.5. The van der Waals surface area contributed by atoms with Crippen LogP contribution in [0.5, 0.6) is 11.5 Å². The second-order valence-electron chi connectivity index (χ2n) is 7.14. The van der Waals surface area contributed by atoms with E-state index in [4.69, 9.17) is 26.1 Å². The highest BCUT2D eigenvalue weighted by molar-refractivity contribution is 6.28. The standard InChI is InChI=1S/C21H19ClN6O3/c1-13-9-16(14-3-4-17-18(10-14)31-12-30-17)26-19-15(11-25-28(13)19)20(29)23-5-2-7-27-8-6-24-21(27)22/h3-4,6,8-11H,2,5,7,12H2,1H3,(H,23,29). The number of nitrogens with one attached hydrogen (secondary N) is 1. The van der Waals surface area contributed by atoms with Crippen molar-refractivity contribution in [1.82, 2.24) is 29.5 Å². The number of hydrogen-bond acceptors (Lipinski definition) is 6. The van der Waals surface area contributed by atoms with E-state index >= 15 is 0 Å². The summed E-state index contributed by atoms with van der Waals surface area (Å²) in [5, 5.41) is 7.69. The van der Waals surface area contributed by atoms with E-state index in [1.807, 2.05) is 35.8 Å². The van der Waals surface area contributed by atoms with Crippen molar-refractivity contribution in [1.29, 1.82) is 0 Å². The van der Waals surface area contributed by atoms with Gasteiger partial charge in [0.25, 0.3) is 5.91 Å². The first-order valence-corrected chi connectivity index (χ1v) is 10.2. The van der Waals surface area contributed by atoms with Gasteiger partial charge in [-0.25, -0.2) is 14.5 Å². The Morgan fingerprint density at radius 1 is 1.26 bits per heavy atom. The van der Waals surface area contributed by atoms with Crippen LogP contribution in [0.1, 0.15) is 22.5 Å². The molecule has 0 saturated heterocycles. The molecule has 1 aromatic carbocycles. The molecule has 158 valence electrons. The number of halogens is 1. The van der Waals surface area contributed by atoms with Gasteiger partial charge in [-0.2, -0.15) is 5.10 Å². The summed E-state index contributed by atoms with van der Waals surface area (Å²) >= 11 is 5.97. The molecule has 0 fully saturated rings. The summed E-state index contributed by atoms with van der Waals surface area (Å²) in [6, 6.07) is 7.59. The van der Waals surface area contributed by atoms with Crippen molar-refractivity contribution >= 4 is 23.2 Å². The highest BCUT2D eigenvalue weighted by Gasteiger charge is 2.18. The maximum atomic E-state index is 12.8. The Kier molecular flexibility index (Phi) is 4.95. The zero-order valence-corrected chi connectivity index (χ0v) is 17.5. The molecule has 5 rings (SSSR count). The summed E-state index contributed by atoms with van der Waals surface area (Å²) in [6.45, 7) is 3.30. The first kappa shape index (κ1) is 19.4. The van der Waals surface area contributed by atoms with Crippen LogP contribution in [0.25, 0.3) is 16.9 Å². The summed E-state index contributed by atoms with van der Waals surface area (Å²) in [7, 11) is 0. The molecule has 0 saturated carbocycles. The molecule has 0 spiro atoms. The molecule has 0 aliphatic carbocycles. The molecule has 0 radical (unpaired) electrons. The molecule has 31 heavy (non-hydrogen) atoms. The average molecular weight is 439 g/mol. The minimum absolute atomic E-state index is 0.213. The zero-order chi connectivity index (χ0) is 21.4. The van der Waals surface area contributed by atoms with Gasteiger partial charge in [0.15, 0.2) is 17.1 Å². The highest BCUT2D eigenvalue weighted by atomic mass is 35.5. The SMILES string of the molecule is Cc1cc(-c2ccc3c(c2)OCO3)nc2c(C(=O)NCCCn3ccnc3Cl)cnn12. The van der Waals surface area contributed by atoms with E-state index in [9.17, 15) is 4.79 Å². The fourth-order valence-electron chi connectivity index (χ4n) is 3.50. The summed E-state index contributed by atoms with van der Waals surface area (Å²) in [6.07, 6.45) is 5.71. The number of amides is 1. The lowest BCUT2D eigenvalue weighted by Crippen LogP contribution is -2.25. The Morgan fingerprint density at radius 2 is 2.13 bits per heavy atom. The topological polar surface area (TPSA) is 95.6 Å². The van der Waals surface area contributed by atoms with Crippen LogP contribution in [0, 0.1) is 6.92 Å². The number of nitrogens with zero attached hydrogens (tertiary/aromatic N) is 5. The number of aryl methyl sites for hydroxylation is 2. The van der Waals surface area contributed by atoms with Crippen LogP contribution in [0.3, 0.4) is 0 Å². The Morgan fingerprint density at radius 3 is 2.97 bits per heavy atom. The zero-order valence-electron chi connectivity index (χ0n) is 16.7. The summed E-state index contributed by atoms with van der Waals surface area (Å²) in [5.41, 5.74) is 3.40. The van der Waals surface area contributed by atoms with Gasteiger partial charge in [0.05, 0.1) is 11.9 Å². The van der Waals surface area contributed by atoms with E-state index in [1.54, 1.807) is 23.1 Å². The average Bonchev–Trinajstić information content (AvgIpc) is 3.50. The molecule has 1 N–H and O–H groups in total. The van der Waals surface area contributed by atoms with E-state index in [0.29, 0.717) is 41.1 Å². The van der Waals surface area contributed by atoms with Crippen molar-refractivity contribution in [3.63, 3.8) is 0 Å². The number of imidazole rings is 1. The summed E-state index contributed by atoms with van der Waals surface area (Å²) < 4.78 is 14.3. The van der Waals surface area contributed by atoms with Crippen molar-refractivity contribution in [2.45, 2.75) is 19.9 Å². The molecule has 1 amide bonds. The number of fused-ring (bicyclic) bond motifs is 2. The van der Waals surface area contributed by atoms with Gasteiger partial charge in [0.1, 0.15) is 5.56 Å². The highest BCUT2D eigenvalue weighted by Crippen LogP contribution is 2.35. The van der Waals surface area contributed by atoms with Gasteiger partial charge in [0.2, 0.25) is 12.1 Å². The van der Waals surface area contributed by atoms with Gasteiger partial charge in [-0.1, -0.05) is 0 Å². The van der Waals surface area contributed by atoms with Gasteiger partial charge >= 0.3 is 0 Å². The Labute approximate surface area is 182 Å². The van der Waals surface area contributed by atoms with Crippen LogP contribution < -0.4 is 14.8 Å². The minimum Gasteiger partial charge on any atom is -0.454 e.